The molecule has 1 aromatic rings. The first-order chi connectivity index (χ1) is 11.6. The molecule has 1 aliphatic rings. The van der Waals surface area contributed by atoms with Gasteiger partial charge in [0.25, 0.3) is 11.1 Å². The third-order valence-corrected chi connectivity index (χ3v) is 4.89. The monoisotopic (exact) mass is 400 g/mol. The zero-order valence-electron chi connectivity index (χ0n) is 14.1. The van der Waals surface area contributed by atoms with E-state index in [4.69, 9.17) is 23.2 Å². The predicted molar refractivity (Wildman–Crippen MR) is 102 cm³/mol. The third kappa shape index (κ3) is 5.00. The van der Waals surface area contributed by atoms with Crippen LogP contribution in [0.3, 0.4) is 0 Å². The van der Waals surface area contributed by atoms with Crippen molar-refractivity contribution in [2.45, 2.75) is 20.8 Å². The molecule has 5 nitrogen and oxygen atoms in total. The van der Waals surface area contributed by atoms with Crippen molar-refractivity contribution in [2.75, 3.05) is 13.1 Å². The summed E-state index contributed by atoms with van der Waals surface area (Å²) >= 11 is 12.8. The molecule has 0 spiro atoms. The number of imide groups is 1. The molecule has 0 unspecified atom stereocenters. The summed E-state index contributed by atoms with van der Waals surface area (Å²) in [7, 11) is 0. The molecule has 1 aliphatic heterocycles. The Hall–Kier alpha value is -1.50. The Morgan fingerprint density at radius 2 is 1.96 bits per heavy atom. The second kappa shape index (κ2) is 7.81. The van der Waals surface area contributed by atoms with Crippen LogP contribution in [0.2, 0.25) is 10.0 Å². The molecule has 134 valence electrons. The third-order valence-electron chi connectivity index (χ3n) is 3.42. The summed E-state index contributed by atoms with van der Waals surface area (Å²) in [5.74, 6) is -0.533. The summed E-state index contributed by atoms with van der Waals surface area (Å²) in [6.45, 7) is 5.71. The number of carbonyl (C=O) groups is 3. The Morgan fingerprint density at radius 1 is 1.28 bits per heavy atom. The van der Waals surface area contributed by atoms with Gasteiger partial charge in [-0.05, 0) is 35.5 Å². The maximum atomic E-state index is 12.4. The smallest absolute Gasteiger partial charge is 0.293 e. The van der Waals surface area contributed by atoms with Gasteiger partial charge in [0.2, 0.25) is 5.91 Å². The van der Waals surface area contributed by atoms with E-state index in [1.54, 1.807) is 45.0 Å². The molecular formula is C17H18Cl2N2O3S. The fourth-order valence-electron chi connectivity index (χ4n) is 2.00. The van der Waals surface area contributed by atoms with Gasteiger partial charge in [0.15, 0.2) is 0 Å². The number of nitrogens with zero attached hydrogens (tertiary/aromatic N) is 1. The molecule has 0 aromatic heterocycles. The van der Waals surface area contributed by atoms with Crippen LogP contribution in [0.25, 0.3) is 6.08 Å². The Kier molecular flexibility index (Phi) is 6.19. The summed E-state index contributed by atoms with van der Waals surface area (Å²) in [6.07, 6.45) is 1.57. The number of hydrogen-bond donors (Lipinski definition) is 1. The highest BCUT2D eigenvalue weighted by molar-refractivity contribution is 8.18. The topological polar surface area (TPSA) is 66.5 Å². The van der Waals surface area contributed by atoms with E-state index in [0.717, 1.165) is 16.7 Å². The van der Waals surface area contributed by atoms with Gasteiger partial charge < -0.3 is 5.32 Å². The molecule has 1 N–H and O–H groups in total. The lowest BCUT2D eigenvalue weighted by Crippen LogP contribution is -2.41. The highest BCUT2D eigenvalue weighted by Crippen LogP contribution is 2.33. The predicted octanol–water partition coefficient (Wildman–Crippen LogP) is 4.19. The van der Waals surface area contributed by atoms with Crippen LogP contribution in [-0.2, 0) is 9.59 Å². The van der Waals surface area contributed by atoms with Crippen LogP contribution in [0.4, 0.5) is 4.79 Å². The Bertz CT molecular complexity index is 757. The lowest BCUT2D eigenvalue weighted by Gasteiger charge is -2.19. The van der Waals surface area contributed by atoms with E-state index in [2.05, 4.69) is 5.32 Å². The number of amides is 3. The number of nitrogens with one attached hydrogen (secondary N) is 1. The molecule has 1 fully saturated rings. The van der Waals surface area contributed by atoms with Crippen LogP contribution >= 0.6 is 35.0 Å². The van der Waals surface area contributed by atoms with Gasteiger partial charge in [-0.25, -0.2) is 0 Å². The second-order valence-electron chi connectivity index (χ2n) is 6.51. The fourth-order valence-corrected chi connectivity index (χ4v) is 3.32. The summed E-state index contributed by atoms with van der Waals surface area (Å²) in [5.41, 5.74) is 0.0853. The largest absolute Gasteiger partial charge is 0.354 e. The standard InChI is InChI=1S/C17H18Cl2N2O3S/c1-17(2,3)15(23)20-6-7-21-14(22)13(25-16(21)24)8-10-4-5-11(18)9-12(10)19/h4-5,8-9H,6-7H2,1-3H3,(H,20,23)/b13-8-. The minimum atomic E-state index is -0.524. The van der Waals surface area contributed by atoms with E-state index in [-0.39, 0.29) is 29.1 Å². The van der Waals surface area contributed by atoms with Crippen molar-refractivity contribution in [3.8, 4) is 0 Å². The van der Waals surface area contributed by atoms with Crippen molar-refractivity contribution in [3.05, 3.63) is 38.7 Å². The van der Waals surface area contributed by atoms with E-state index in [0.29, 0.717) is 15.6 Å². The summed E-state index contributed by atoms with van der Waals surface area (Å²) in [4.78, 5) is 37.7. The van der Waals surface area contributed by atoms with Crippen LogP contribution in [0.5, 0.6) is 0 Å². The summed E-state index contributed by atoms with van der Waals surface area (Å²) < 4.78 is 0. The molecule has 25 heavy (non-hydrogen) atoms. The molecule has 3 amide bonds. The first kappa shape index (κ1) is 19.8. The highest BCUT2D eigenvalue weighted by atomic mass is 35.5. The van der Waals surface area contributed by atoms with Gasteiger partial charge in [-0.2, -0.15) is 0 Å². The quantitative estimate of drug-likeness (QED) is 0.769. The zero-order chi connectivity index (χ0) is 18.8. The summed E-state index contributed by atoms with van der Waals surface area (Å²) in [6, 6.07) is 4.91. The van der Waals surface area contributed by atoms with Gasteiger partial charge in [-0.3, -0.25) is 19.3 Å². The first-order valence-electron chi connectivity index (χ1n) is 7.58. The molecule has 0 saturated carbocycles. The van der Waals surface area contributed by atoms with Gasteiger partial charge in [0, 0.05) is 28.5 Å². The van der Waals surface area contributed by atoms with Crippen molar-refractivity contribution < 1.29 is 14.4 Å². The Labute approximate surface area is 160 Å². The van der Waals surface area contributed by atoms with E-state index < -0.39 is 11.3 Å². The minimum Gasteiger partial charge on any atom is -0.354 e. The average Bonchev–Trinajstić information content (AvgIpc) is 2.76. The lowest BCUT2D eigenvalue weighted by molar-refractivity contribution is -0.129. The van der Waals surface area contributed by atoms with Crippen molar-refractivity contribution in [1.29, 1.82) is 0 Å². The maximum Gasteiger partial charge on any atom is 0.293 e. The molecule has 1 saturated heterocycles. The van der Waals surface area contributed by atoms with E-state index in [1.165, 1.54) is 0 Å². The van der Waals surface area contributed by atoms with Crippen molar-refractivity contribution in [3.63, 3.8) is 0 Å². The fraction of sp³-hybridized carbons (Fsp3) is 0.353. The lowest BCUT2D eigenvalue weighted by atomic mass is 9.96. The molecule has 0 atom stereocenters. The Morgan fingerprint density at radius 3 is 2.56 bits per heavy atom. The van der Waals surface area contributed by atoms with E-state index >= 15 is 0 Å². The molecule has 2 rings (SSSR count). The SMILES string of the molecule is CC(C)(C)C(=O)NCCN1C(=O)S/C(=C\c2ccc(Cl)cc2Cl)C1=O. The summed E-state index contributed by atoms with van der Waals surface area (Å²) in [5, 5.41) is 3.24. The molecule has 0 radical (unpaired) electrons. The molecule has 0 bridgehead atoms. The normalized spacial score (nSPS) is 16.7. The number of hydrogen-bond acceptors (Lipinski definition) is 4. The average molecular weight is 401 g/mol. The number of carbonyl (C=O) groups excluding carboxylic acids is 3. The van der Waals surface area contributed by atoms with Crippen molar-refractivity contribution in [2.24, 2.45) is 5.41 Å². The van der Waals surface area contributed by atoms with Crippen LogP contribution in [-0.4, -0.2) is 35.0 Å². The van der Waals surface area contributed by atoms with Gasteiger partial charge in [0.1, 0.15) is 0 Å². The molecular weight excluding hydrogens is 383 g/mol. The number of rotatable bonds is 4. The van der Waals surface area contributed by atoms with Crippen LogP contribution in [0.15, 0.2) is 23.1 Å². The first-order valence-corrected chi connectivity index (χ1v) is 9.15. The van der Waals surface area contributed by atoms with Gasteiger partial charge >= 0.3 is 0 Å². The van der Waals surface area contributed by atoms with E-state index in [1.807, 2.05) is 0 Å². The van der Waals surface area contributed by atoms with Gasteiger partial charge in [0.05, 0.1) is 4.91 Å². The number of benzene rings is 1. The zero-order valence-corrected chi connectivity index (χ0v) is 16.4. The maximum absolute atomic E-state index is 12.4. The second-order valence-corrected chi connectivity index (χ2v) is 8.34. The Balaban J connectivity index is 2.04. The number of thioether (sulfide) groups is 1. The van der Waals surface area contributed by atoms with Crippen LogP contribution < -0.4 is 5.32 Å². The van der Waals surface area contributed by atoms with Crippen molar-refractivity contribution >= 4 is 58.1 Å². The molecule has 8 heteroatoms. The highest BCUT2D eigenvalue weighted by Gasteiger charge is 2.35. The van der Waals surface area contributed by atoms with Crippen molar-refractivity contribution in [1.82, 2.24) is 10.2 Å². The van der Waals surface area contributed by atoms with Crippen LogP contribution in [0, 0.1) is 5.41 Å². The van der Waals surface area contributed by atoms with Gasteiger partial charge in [-0.1, -0.05) is 50.0 Å². The molecule has 1 aromatic carbocycles. The molecule has 1 heterocycles. The van der Waals surface area contributed by atoms with Gasteiger partial charge in [-0.15, -0.1) is 0 Å². The van der Waals surface area contributed by atoms with Crippen LogP contribution in [0.1, 0.15) is 26.3 Å². The minimum absolute atomic E-state index is 0.123. The van der Waals surface area contributed by atoms with E-state index in [9.17, 15) is 14.4 Å². The number of halogens is 2. The molecule has 0 aliphatic carbocycles.